The van der Waals surface area contributed by atoms with E-state index in [2.05, 4.69) is 5.32 Å². The predicted molar refractivity (Wildman–Crippen MR) is 105 cm³/mol. The third-order valence-corrected chi connectivity index (χ3v) is 7.98. The molecule has 152 valence electrons. The highest BCUT2D eigenvalue weighted by Gasteiger charge is 2.36. The van der Waals surface area contributed by atoms with Crippen molar-refractivity contribution >= 4 is 28.5 Å². The van der Waals surface area contributed by atoms with Crippen molar-refractivity contribution in [1.82, 2.24) is 18.8 Å². The van der Waals surface area contributed by atoms with Crippen LogP contribution in [-0.2, 0) is 15.0 Å². The molecule has 2 saturated heterocycles. The van der Waals surface area contributed by atoms with E-state index in [1.54, 1.807) is 15.7 Å². The molecule has 0 bridgehead atoms. The number of amides is 1. The second kappa shape index (κ2) is 9.68. The molecule has 0 radical (unpaired) electrons. The van der Waals surface area contributed by atoms with Crippen molar-refractivity contribution in [2.75, 3.05) is 39.8 Å². The third kappa shape index (κ3) is 4.90. The zero-order chi connectivity index (χ0) is 17.9. The molecule has 2 heterocycles. The molecule has 3 rings (SSSR count). The fourth-order valence-electron chi connectivity index (χ4n) is 4.24. The lowest BCUT2D eigenvalue weighted by Gasteiger charge is -2.39. The van der Waals surface area contributed by atoms with E-state index < -0.39 is 10.2 Å². The molecule has 1 N–H and O–H groups in total. The van der Waals surface area contributed by atoms with Crippen molar-refractivity contribution in [3.05, 3.63) is 0 Å². The Labute approximate surface area is 164 Å². The van der Waals surface area contributed by atoms with Crippen LogP contribution in [0.25, 0.3) is 0 Å². The summed E-state index contributed by atoms with van der Waals surface area (Å²) < 4.78 is 28.9. The third-order valence-electron chi connectivity index (χ3n) is 5.94. The Balaban J connectivity index is 0.00000243. The lowest BCUT2D eigenvalue weighted by atomic mass is 9.96. The van der Waals surface area contributed by atoms with Crippen molar-refractivity contribution in [1.29, 1.82) is 0 Å². The highest BCUT2D eigenvalue weighted by atomic mass is 35.5. The van der Waals surface area contributed by atoms with Gasteiger partial charge in [0.05, 0.1) is 6.04 Å². The number of nitrogens with zero attached hydrogens (tertiary/aromatic N) is 3. The lowest BCUT2D eigenvalue weighted by molar-refractivity contribution is -0.135. The second-order valence-corrected chi connectivity index (χ2v) is 9.53. The molecule has 0 aromatic heterocycles. The fourth-order valence-corrected chi connectivity index (χ4v) is 5.81. The maximum Gasteiger partial charge on any atom is 0.282 e. The standard InChI is InChI=1S/C17H32N4O3S.ClH/c1-19(15-7-3-2-4-8-15)25(23,24)21-13-11-20(12-14-21)17(22)16-9-5-6-10-18-16;/h15-16,18H,2-14H2,1H3;1H. The van der Waals surface area contributed by atoms with Gasteiger partial charge in [-0.05, 0) is 32.2 Å². The van der Waals surface area contributed by atoms with Gasteiger partial charge in [-0.15, -0.1) is 12.4 Å². The van der Waals surface area contributed by atoms with Crippen LogP contribution in [0, 0.1) is 0 Å². The Bertz CT molecular complexity index is 554. The second-order valence-electron chi connectivity index (χ2n) is 7.54. The zero-order valence-electron chi connectivity index (χ0n) is 15.7. The first-order valence-electron chi connectivity index (χ1n) is 9.75. The van der Waals surface area contributed by atoms with Crippen LogP contribution in [0.1, 0.15) is 51.4 Å². The summed E-state index contributed by atoms with van der Waals surface area (Å²) >= 11 is 0. The summed E-state index contributed by atoms with van der Waals surface area (Å²) in [7, 11) is -1.71. The van der Waals surface area contributed by atoms with Crippen molar-refractivity contribution in [2.24, 2.45) is 0 Å². The Hall–Kier alpha value is -0.410. The molecule has 1 unspecified atom stereocenters. The first-order valence-corrected chi connectivity index (χ1v) is 11.1. The molecule has 9 heteroatoms. The number of nitrogens with one attached hydrogen (secondary N) is 1. The highest BCUT2D eigenvalue weighted by molar-refractivity contribution is 7.86. The molecule has 3 fully saturated rings. The first-order chi connectivity index (χ1) is 12.0. The van der Waals surface area contributed by atoms with Crippen LogP contribution in [0.5, 0.6) is 0 Å². The molecule has 0 spiro atoms. The van der Waals surface area contributed by atoms with Crippen LogP contribution in [0.15, 0.2) is 0 Å². The molecule has 7 nitrogen and oxygen atoms in total. The van der Waals surface area contributed by atoms with Gasteiger partial charge < -0.3 is 10.2 Å². The smallest absolute Gasteiger partial charge is 0.282 e. The number of hydrogen-bond donors (Lipinski definition) is 1. The van der Waals surface area contributed by atoms with Gasteiger partial charge in [-0.25, -0.2) is 0 Å². The summed E-state index contributed by atoms with van der Waals surface area (Å²) in [5.41, 5.74) is 0. The summed E-state index contributed by atoms with van der Waals surface area (Å²) in [6.45, 7) is 2.69. The molecule has 2 aliphatic heterocycles. The van der Waals surface area contributed by atoms with Crippen LogP contribution in [-0.4, -0.2) is 79.7 Å². The van der Waals surface area contributed by atoms with Gasteiger partial charge in [0.1, 0.15) is 0 Å². The zero-order valence-corrected chi connectivity index (χ0v) is 17.4. The normalized spacial score (nSPS) is 26.5. The maximum absolute atomic E-state index is 12.9. The van der Waals surface area contributed by atoms with Crippen molar-refractivity contribution in [3.63, 3.8) is 0 Å². The van der Waals surface area contributed by atoms with Crippen molar-refractivity contribution in [2.45, 2.75) is 63.5 Å². The molecule has 1 saturated carbocycles. The van der Waals surface area contributed by atoms with Crippen LogP contribution < -0.4 is 5.32 Å². The van der Waals surface area contributed by atoms with Crippen LogP contribution >= 0.6 is 12.4 Å². The number of hydrogen-bond acceptors (Lipinski definition) is 4. The number of rotatable bonds is 4. The molecular formula is C17H33ClN4O3S. The number of piperazine rings is 1. The summed E-state index contributed by atoms with van der Waals surface area (Å²) in [6, 6.07) is 0.0478. The molecule has 3 aliphatic rings. The molecular weight excluding hydrogens is 376 g/mol. The maximum atomic E-state index is 12.9. The molecule has 1 atom stereocenters. The Morgan fingerprint density at radius 2 is 1.58 bits per heavy atom. The molecule has 26 heavy (non-hydrogen) atoms. The van der Waals surface area contributed by atoms with Gasteiger partial charge in [0.25, 0.3) is 10.2 Å². The number of halogens is 1. The quantitative estimate of drug-likeness (QED) is 0.758. The van der Waals surface area contributed by atoms with E-state index in [1.807, 2.05) is 4.90 Å². The fraction of sp³-hybridized carbons (Fsp3) is 0.941. The summed E-state index contributed by atoms with van der Waals surface area (Å²) in [5.74, 6) is 0.136. The average molecular weight is 409 g/mol. The van der Waals surface area contributed by atoms with E-state index in [4.69, 9.17) is 0 Å². The predicted octanol–water partition coefficient (Wildman–Crippen LogP) is 1.20. The van der Waals surface area contributed by atoms with E-state index >= 15 is 0 Å². The number of carbonyl (C=O) groups is 1. The SMILES string of the molecule is CN(C1CCCCC1)S(=O)(=O)N1CCN(C(=O)C2CCCCN2)CC1.Cl. The lowest BCUT2D eigenvalue weighted by Crippen LogP contribution is -2.58. The minimum atomic E-state index is -3.42. The van der Waals surface area contributed by atoms with Crippen LogP contribution in [0.2, 0.25) is 0 Å². The molecule has 1 amide bonds. The van der Waals surface area contributed by atoms with Crippen LogP contribution in [0.3, 0.4) is 0 Å². The number of piperidine rings is 1. The van der Waals surface area contributed by atoms with Crippen molar-refractivity contribution < 1.29 is 13.2 Å². The van der Waals surface area contributed by atoms with Gasteiger partial charge in [0.2, 0.25) is 5.91 Å². The Kier molecular flexibility index (Phi) is 8.15. The highest BCUT2D eigenvalue weighted by Crippen LogP contribution is 2.25. The molecule has 0 aromatic rings. The molecule has 0 aromatic carbocycles. The van der Waals surface area contributed by atoms with Crippen LogP contribution in [0.4, 0.5) is 0 Å². The van der Waals surface area contributed by atoms with Crippen molar-refractivity contribution in [3.8, 4) is 0 Å². The average Bonchev–Trinajstić information content (AvgIpc) is 2.68. The minimum absolute atomic E-state index is 0. The first kappa shape index (κ1) is 21.9. The monoisotopic (exact) mass is 408 g/mol. The van der Waals surface area contributed by atoms with Gasteiger partial charge in [0, 0.05) is 39.3 Å². The van der Waals surface area contributed by atoms with E-state index in [1.165, 1.54) is 6.42 Å². The van der Waals surface area contributed by atoms with E-state index in [9.17, 15) is 13.2 Å². The Morgan fingerprint density at radius 1 is 0.962 bits per heavy atom. The topological polar surface area (TPSA) is 73.0 Å². The number of carbonyl (C=O) groups excluding carboxylic acids is 1. The summed E-state index contributed by atoms with van der Waals surface area (Å²) in [4.78, 5) is 14.4. The van der Waals surface area contributed by atoms with E-state index in [0.717, 1.165) is 51.5 Å². The summed E-state index contributed by atoms with van der Waals surface area (Å²) in [6.07, 6.45) is 8.46. The van der Waals surface area contributed by atoms with Gasteiger partial charge in [0.15, 0.2) is 0 Å². The van der Waals surface area contributed by atoms with E-state index in [0.29, 0.717) is 26.2 Å². The van der Waals surface area contributed by atoms with E-state index in [-0.39, 0.29) is 30.4 Å². The van der Waals surface area contributed by atoms with Gasteiger partial charge in [-0.3, -0.25) is 4.79 Å². The molecule has 1 aliphatic carbocycles. The van der Waals surface area contributed by atoms with Gasteiger partial charge >= 0.3 is 0 Å². The van der Waals surface area contributed by atoms with Gasteiger partial charge in [-0.1, -0.05) is 25.7 Å². The minimum Gasteiger partial charge on any atom is -0.339 e. The Morgan fingerprint density at radius 3 is 2.15 bits per heavy atom. The van der Waals surface area contributed by atoms with Gasteiger partial charge in [-0.2, -0.15) is 17.0 Å². The summed E-state index contributed by atoms with van der Waals surface area (Å²) in [5, 5.41) is 3.29. The largest absolute Gasteiger partial charge is 0.339 e.